The summed E-state index contributed by atoms with van der Waals surface area (Å²) in [7, 11) is 1.39. The molecular weight excluding hydrogens is 238 g/mol. The number of hydrogen-bond donors (Lipinski definition) is 1. The molecule has 0 aliphatic carbocycles. The van der Waals surface area contributed by atoms with Gasteiger partial charge in [0.2, 0.25) is 0 Å². The van der Waals surface area contributed by atoms with Crippen molar-refractivity contribution in [2.24, 2.45) is 0 Å². The van der Waals surface area contributed by atoms with Gasteiger partial charge in [-0.25, -0.2) is 0 Å². The number of benzene rings is 1. The van der Waals surface area contributed by atoms with Gasteiger partial charge in [-0.15, -0.1) is 0 Å². The standard InChI is InChI=1S/C11H11N3O4/c1-17-10-4-2-3-9(11(10)14(15)16)12-7-8-5-6-18-13-8/h2-6,12H,7H2,1H3. The van der Waals surface area contributed by atoms with Gasteiger partial charge in [0.1, 0.15) is 17.6 Å². The van der Waals surface area contributed by atoms with Gasteiger partial charge in [-0.05, 0) is 12.1 Å². The van der Waals surface area contributed by atoms with Crippen molar-refractivity contribution in [3.8, 4) is 5.75 Å². The van der Waals surface area contributed by atoms with E-state index in [-0.39, 0.29) is 11.4 Å². The number of nitrogens with one attached hydrogen (secondary N) is 1. The largest absolute Gasteiger partial charge is 0.490 e. The van der Waals surface area contributed by atoms with Crippen LogP contribution in [0, 0.1) is 10.1 Å². The topological polar surface area (TPSA) is 90.4 Å². The number of anilines is 1. The van der Waals surface area contributed by atoms with Crippen LogP contribution in [0.3, 0.4) is 0 Å². The molecule has 2 rings (SSSR count). The minimum atomic E-state index is -0.482. The van der Waals surface area contributed by atoms with Gasteiger partial charge in [0.25, 0.3) is 0 Å². The van der Waals surface area contributed by atoms with Crippen LogP contribution in [0.2, 0.25) is 0 Å². The summed E-state index contributed by atoms with van der Waals surface area (Å²) < 4.78 is 9.65. The van der Waals surface area contributed by atoms with Crippen molar-refractivity contribution < 1.29 is 14.2 Å². The predicted molar refractivity (Wildman–Crippen MR) is 63.5 cm³/mol. The SMILES string of the molecule is COc1cccc(NCc2ccon2)c1[N+](=O)[O-]. The summed E-state index contributed by atoms with van der Waals surface area (Å²) in [6.07, 6.45) is 1.44. The molecule has 0 bridgehead atoms. The first-order chi connectivity index (χ1) is 8.72. The van der Waals surface area contributed by atoms with E-state index in [1.54, 1.807) is 24.3 Å². The van der Waals surface area contributed by atoms with E-state index in [0.717, 1.165) is 0 Å². The summed E-state index contributed by atoms with van der Waals surface area (Å²) in [4.78, 5) is 10.5. The van der Waals surface area contributed by atoms with Gasteiger partial charge in [-0.2, -0.15) is 0 Å². The highest BCUT2D eigenvalue weighted by molar-refractivity contribution is 5.68. The Labute approximate surface area is 103 Å². The van der Waals surface area contributed by atoms with Crippen molar-refractivity contribution in [2.45, 2.75) is 6.54 Å². The molecule has 0 spiro atoms. The predicted octanol–water partition coefficient (Wildman–Crippen LogP) is 2.20. The van der Waals surface area contributed by atoms with Gasteiger partial charge < -0.3 is 14.6 Å². The highest BCUT2D eigenvalue weighted by Gasteiger charge is 2.20. The Balaban J connectivity index is 2.24. The lowest BCUT2D eigenvalue weighted by Crippen LogP contribution is -2.04. The first-order valence-electron chi connectivity index (χ1n) is 5.17. The summed E-state index contributed by atoms with van der Waals surface area (Å²) in [5.74, 6) is 0.213. The van der Waals surface area contributed by atoms with Gasteiger partial charge in [-0.3, -0.25) is 10.1 Å². The summed E-state index contributed by atoms with van der Waals surface area (Å²) in [6.45, 7) is 0.338. The van der Waals surface area contributed by atoms with Crippen LogP contribution in [0.4, 0.5) is 11.4 Å². The second-order valence-electron chi connectivity index (χ2n) is 3.46. The van der Waals surface area contributed by atoms with E-state index in [4.69, 9.17) is 4.74 Å². The van der Waals surface area contributed by atoms with E-state index in [2.05, 4.69) is 15.0 Å². The molecule has 0 amide bonds. The Morgan fingerprint density at radius 2 is 2.33 bits per heavy atom. The summed E-state index contributed by atoms with van der Waals surface area (Å²) in [6, 6.07) is 6.51. The average molecular weight is 249 g/mol. The third-order valence-corrected chi connectivity index (χ3v) is 2.35. The van der Waals surface area contributed by atoms with E-state index < -0.39 is 4.92 Å². The summed E-state index contributed by atoms with van der Waals surface area (Å²) >= 11 is 0. The van der Waals surface area contributed by atoms with Crippen LogP contribution < -0.4 is 10.1 Å². The monoisotopic (exact) mass is 249 g/mol. The first kappa shape index (κ1) is 11.9. The van der Waals surface area contributed by atoms with E-state index in [1.165, 1.54) is 13.4 Å². The lowest BCUT2D eigenvalue weighted by molar-refractivity contribution is -0.384. The van der Waals surface area contributed by atoms with Crippen molar-refractivity contribution in [3.05, 3.63) is 46.3 Å². The molecular formula is C11H11N3O4. The van der Waals surface area contributed by atoms with Crippen LogP contribution in [0.15, 0.2) is 35.1 Å². The molecule has 0 fully saturated rings. The van der Waals surface area contributed by atoms with Gasteiger partial charge in [0.05, 0.1) is 18.6 Å². The molecule has 94 valence electrons. The number of methoxy groups -OCH3 is 1. The minimum Gasteiger partial charge on any atom is -0.490 e. The average Bonchev–Trinajstić information content (AvgIpc) is 2.88. The molecule has 2 aromatic rings. The maximum Gasteiger partial charge on any atom is 0.333 e. The van der Waals surface area contributed by atoms with Crippen molar-refractivity contribution in [3.63, 3.8) is 0 Å². The molecule has 0 saturated carbocycles. The maximum atomic E-state index is 11.0. The second kappa shape index (κ2) is 5.17. The highest BCUT2D eigenvalue weighted by atomic mass is 16.6. The van der Waals surface area contributed by atoms with Crippen LogP contribution in [0.1, 0.15) is 5.69 Å². The molecule has 0 atom stereocenters. The fourth-order valence-corrected chi connectivity index (χ4v) is 1.53. The zero-order valence-corrected chi connectivity index (χ0v) is 9.62. The van der Waals surface area contributed by atoms with Crippen LogP contribution in [0.25, 0.3) is 0 Å². The molecule has 7 nitrogen and oxygen atoms in total. The molecule has 1 N–H and O–H groups in total. The van der Waals surface area contributed by atoms with Crippen LogP contribution in [-0.4, -0.2) is 17.2 Å². The zero-order chi connectivity index (χ0) is 13.0. The minimum absolute atomic E-state index is 0.0940. The maximum absolute atomic E-state index is 11.0. The van der Waals surface area contributed by atoms with Crippen molar-refractivity contribution in [1.29, 1.82) is 0 Å². The Bertz CT molecular complexity index is 539. The van der Waals surface area contributed by atoms with Crippen molar-refractivity contribution in [2.75, 3.05) is 12.4 Å². The molecule has 0 radical (unpaired) electrons. The zero-order valence-electron chi connectivity index (χ0n) is 9.62. The highest BCUT2D eigenvalue weighted by Crippen LogP contribution is 2.34. The Hall–Kier alpha value is -2.57. The Kier molecular flexibility index (Phi) is 3.42. The molecule has 0 saturated heterocycles. The quantitative estimate of drug-likeness (QED) is 0.645. The molecule has 18 heavy (non-hydrogen) atoms. The van der Waals surface area contributed by atoms with Gasteiger partial charge >= 0.3 is 5.69 Å². The van der Waals surface area contributed by atoms with Gasteiger partial charge in [0.15, 0.2) is 5.75 Å². The lowest BCUT2D eigenvalue weighted by Gasteiger charge is -2.08. The van der Waals surface area contributed by atoms with Crippen LogP contribution in [-0.2, 0) is 6.54 Å². The van der Waals surface area contributed by atoms with Gasteiger partial charge in [0, 0.05) is 6.07 Å². The van der Waals surface area contributed by atoms with E-state index >= 15 is 0 Å². The summed E-state index contributed by atoms with van der Waals surface area (Å²) in [5, 5.41) is 17.7. The number of aromatic nitrogens is 1. The van der Waals surface area contributed by atoms with Crippen molar-refractivity contribution in [1.82, 2.24) is 5.16 Å². The number of ether oxygens (including phenoxy) is 1. The smallest absolute Gasteiger partial charge is 0.333 e. The lowest BCUT2D eigenvalue weighted by atomic mass is 10.2. The number of nitrogens with zero attached hydrogens (tertiary/aromatic N) is 2. The Morgan fingerprint density at radius 1 is 1.50 bits per heavy atom. The molecule has 1 aromatic carbocycles. The first-order valence-corrected chi connectivity index (χ1v) is 5.17. The molecule has 0 aliphatic rings. The fraction of sp³-hybridized carbons (Fsp3) is 0.182. The van der Waals surface area contributed by atoms with Gasteiger partial charge in [-0.1, -0.05) is 11.2 Å². The number of hydrogen-bond acceptors (Lipinski definition) is 6. The number of nitro groups is 1. The van der Waals surface area contributed by atoms with E-state index in [1.807, 2.05) is 0 Å². The number of nitro benzene ring substituents is 1. The van der Waals surface area contributed by atoms with Crippen LogP contribution in [0.5, 0.6) is 5.75 Å². The Morgan fingerprint density at radius 3 is 2.94 bits per heavy atom. The number of para-hydroxylation sites is 1. The molecule has 1 heterocycles. The van der Waals surface area contributed by atoms with Crippen molar-refractivity contribution >= 4 is 11.4 Å². The third-order valence-electron chi connectivity index (χ3n) is 2.35. The normalized spacial score (nSPS) is 10.1. The molecule has 7 heteroatoms. The molecule has 0 unspecified atom stereocenters. The van der Waals surface area contributed by atoms with E-state index in [0.29, 0.717) is 17.9 Å². The summed E-state index contributed by atoms with van der Waals surface area (Å²) in [5.41, 5.74) is 0.943. The van der Waals surface area contributed by atoms with Crippen LogP contribution >= 0.6 is 0 Å². The third kappa shape index (κ3) is 2.40. The molecule has 1 aromatic heterocycles. The second-order valence-corrected chi connectivity index (χ2v) is 3.46. The molecule has 0 aliphatic heterocycles. The number of rotatable bonds is 5. The fourth-order valence-electron chi connectivity index (χ4n) is 1.53. The van der Waals surface area contributed by atoms with E-state index in [9.17, 15) is 10.1 Å².